The number of benzene rings is 1. The number of pyridine rings is 1. The minimum absolute atomic E-state index is 0.167. The molecule has 0 aliphatic carbocycles. The van der Waals surface area contributed by atoms with E-state index in [9.17, 15) is 22.4 Å². The van der Waals surface area contributed by atoms with Gasteiger partial charge < -0.3 is 15.0 Å². The van der Waals surface area contributed by atoms with E-state index in [2.05, 4.69) is 10.3 Å². The number of carbonyl (C=O) groups excluding carboxylic acids is 1. The average Bonchev–Trinajstić information content (AvgIpc) is 2.66. The summed E-state index contributed by atoms with van der Waals surface area (Å²) >= 11 is 6.08. The van der Waals surface area contributed by atoms with E-state index in [0.717, 1.165) is 25.0 Å². The maximum atomic E-state index is 13.8. The molecular weight excluding hydrogens is 450 g/mol. The maximum absolute atomic E-state index is 13.8. The molecular formula is C22H24ClF4N3O2. The molecule has 5 nitrogen and oxygen atoms in total. The minimum atomic E-state index is -4.83. The molecule has 2 aromatic rings. The molecule has 1 aromatic heterocycles. The van der Waals surface area contributed by atoms with E-state index < -0.39 is 29.3 Å². The summed E-state index contributed by atoms with van der Waals surface area (Å²) in [6.07, 6.45) is -2.54. The highest BCUT2D eigenvalue weighted by atomic mass is 35.5. The van der Waals surface area contributed by atoms with Crippen molar-refractivity contribution >= 4 is 23.4 Å². The molecule has 1 saturated heterocycles. The normalized spacial score (nSPS) is 17.2. The van der Waals surface area contributed by atoms with Gasteiger partial charge >= 0.3 is 12.3 Å². The summed E-state index contributed by atoms with van der Waals surface area (Å²) in [7, 11) is 0. The standard InChI is InChI=1S/C22H24ClF4N3O2/c1-21(2,3)32-20(31)29-14-5-4-8-30(12-14)18-10-19(23)28-11-15(18)13-6-7-17(24)16(9-13)22(25,26)27/h6-7,9-11,14H,4-5,8,12H2,1-3H3,(H,29,31)/t14-/m0/s1. The number of hydrogen-bond donors (Lipinski definition) is 1. The first-order chi connectivity index (χ1) is 14.8. The van der Waals surface area contributed by atoms with Gasteiger partial charge in [0.1, 0.15) is 16.6 Å². The van der Waals surface area contributed by atoms with Crippen LogP contribution in [0.25, 0.3) is 11.1 Å². The van der Waals surface area contributed by atoms with Crippen molar-refractivity contribution in [1.82, 2.24) is 10.3 Å². The summed E-state index contributed by atoms with van der Waals surface area (Å²) in [5, 5.41) is 3.01. The molecule has 1 amide bonds. The minimum Gasteiger partial charge on any atom is -0.444 e. The number of anilines is 1. The maximum Gasteiger partial charge on any atom is 0.419 e. The summed E-state index contributed by atoms with van der Waals surface area (Å²) < 4.78 is 58.7. The summed E-state index contributed by atoms with van der Waals surface area (Å²) in [4.78, 5) is 18.1. The monoisotopic (exact) mass is 473 g/mol. The first-order valence-electron chi connectivity index (χ1n) is 10.1. The second kappa shape index (κ2) is 9.13. The predicted octanol–water partition coefficient (Wildman–Crippen LogP) is 6.05. The number of piperidine rings is 1. The molecule has 174 valence electrons. The summed E-state index contributed by atoms with van der Waals surface area (Å²) in [5.74, 6) is -1.34. The molecule has 0 saturated carbocycles. The molecule has 2 heterocycles. The molecule has 1 fully saturated rings. The number of alkyl halides is 3. The number of halogens is 5. The fourth-order valence-corrected chi connectivity index (χ4v) is 3.75. The van der Waals surface area contributed by atoms with Crippen LogP contribution < -0.4 is 10.2 Å². The van der Waals surface area contributed by atoms with E-state index in [-0.39, 0.29) is 16.8 Å². The zero-order valence-electron chi connectivity index (χ0n) is 17.9. The first-order valence-corrected chi connectivity index (χ1v) is 10.5. The van der Waals surface area contributed by atoms with Crippen molar-refractivity contribution in [3.8, 4) is 11.1 Å². The number of alkyl carbamates (subject to hydrolysis) is 1. The zero-order valence-corrected chi connectivity index (χ0v) is 18.6. The fraction of sp³-hybridized carbons (Fsp3) is 0.455. The van der Waals surface area contributed by atoms with Crippen molar-refractivity contribution in [1.29, 1.82) is 0 Å². The number of aromatic nitrogens is 1. The molecule has 3 rings (SSSR count). The van der Waals surface area contributed by atoms with Gasteiger partial charge in [0, 0.05) is 36.6 Å². The van der Waals surface area contributed by atoms with E-state index in [1.807, 2.05) is 4.90 Å². The van der Waals surface area contributed by atoms with Crippen LogP contribution in [0.2, 0.25) is 5.15 Å². The molecule has 0 unspecified atom stereocenters. The molecule has 0 bridgehead atoms. The molecule has 1 aromatic carbocycles. The van der Waals surface area contributed by atoms with Crippen LogP contribution in [-0.2, 0) is 10.9 Å². The van der Waals surface area contributed by atoms with Gasteiger partial charge in [0.05, 0.1) is 5.56 Å². The number of amides is 1. The third kappa shape index (κ3) is 6.03. The highest BCUT2D eigenvalue weighted by Gasteiger charge is 2.34. The van der Waals surface area contributed by atoms with E-state index in [0.29, 0.717) is 24.3 Å². The largest absolute Gasteiger partial charge is 0.444 e. The van der Waals surface area contributed by atoms with Crippen molar-refractivity contribution in [2.75, 3.05) is 18.0 Å². The van der Waals surface area contributed by atoms with Crippen molar-refractivity contribution in [3.05, 3.63) is 47.0 Å². The van der Waals surface area contributed by atoms with Gasteiger partial charge in [-0.05, 0) is 57.4 Å². The highest BCUT2D eigenvalue weighted by Crippen LogP contribution is 2.38. The van der Waals surface area contributed by atoms with Crippen LogP contribution in [0.1, 0.15) is 39.2 Å². The topological polar surface area (TPSA) is 54.5 Å². The number of rotatable bonds is 3. The van der Waals surface area contributed by atoms with Crippen LogP contribution in [0.15, 0.2) is 30.5 Å². The Morgan fingerprint density at radius 1 is 1.25 bits per heavy atom. The number of nitrogens with one attached hydrogen (secondary N) is 1. The Hall–Kier alpha value is -2.55. The average molecular weight is 474 g/mol. The Balaban J connectivity index is 1.89. The van der Waals surface area contributed by atoms with E-state index in [4.69, 9.17) is 16.3 Å². The van der Waals surface area contributed by atoms with Crippen LogP contribution in [0.4, 0.5) is 28.0 Å². The summed E-state index contributed by atoms with van der Waals surface area (Å²) in [6.45, 7) is 6.31. The SMILES string of the molecule is CC(C)(C)OC(=O)N[C@H]1CCCN(c2cc(Cl)ncc2-c2ccc(F)c(C(F)(F)F)c2)C1. The summed E-state index contributed by atoms with van der Waals surface area (Å²) in [6, 6.07) is 4.17. The van der Waals surface area contributed by atoms with Crippen molar-refractivity contribution < 1.29 is 27.1 Å². The number of carbonyl (C=O) groups is 1. The van der Waals surface area contributed by atoms with Gasteiger partial charge in [-0.2, -0.15) is 13.2 Å². The molecule has 10 heteroatoms. The molecule has 32 heavy (non-hydrogen) atoms. The van der Waals surface area contributed by atoms with E-state index in [1.165, 1.54) is 12.3 Å². The molecule has 0 spiro atoms. The quantitative estimate of drug-likeness (QED) is 0.435. The third-order valence-electron chi connectivity index (χ3n) is 4.91. The van der Waals surface area contributed by atoms with Crippen molar-refractivity contribution in [2.24, 2.45) is 0 Å². The van der Waals surface area contributed by atoms with Crippen LogP contribution in [0.5, 0.6) is 0 Å². The predicted molar refractivity (Wildman–Crippen MR) is 114 cm³/mol. The Kier molecular flexibility index (Phi) is 6.88. The number of ether oxygens (including phenoxy) is 1. The number of hydrogen-bond acceptors (Lipinski definition) is 4. The summed E-state index contributed by atoms with van der Waals surface area (Å²) in [5.41, 5.74) is -0.874. The molecule has 1 N–H and O–H groups in total. The second-order valence-corrected chi connectivity index (χ2v) is 9.04. The molecule has 0 radical (unpaired) electrons. The Labute approximate surface area is 188 Å². The lowest BCUT2D eigenvalue weighted by atomic mass is 9.99. The van der Waals surface area contributed by atoms with Gasteiger partial charge in [0.25, 0.3) is 0 Å². The van der Waals surface area contributed by atoms with Gasteiger partial charge in [-0.15, -0.1) is 0 Å². The van der Waals surface area contributed by atoms with Crippen LogP contribution in [0, 0.1) is 5.82 Å². The first kappa shape index (κ1) is 24.1. The zero-order chi connectivity index (χ0) is 23.7. The van der Waals surface area contributed by atoms with E-state index >= 15 is 0 Å². The Morgan fingerprint density at radius 2 is 1.97 bits per heavy atom. The molecule has 1 aliphatic heterocycles. The lowest BCUT2D eigenvalue weighted by Gasteiger charge is -2.36. The highest BCUT2D eigenvalue weighted by molar-refractivity contribution is 6.29. The molecule has 1 atom stereocenters. The van der Waals surface area contributed by atoms with Crippen LogP contribution in [0.3, 0.4) is 0 Å². The van der Waals surface area contributed by atoms with Gasteiger partial charge in [-0.25, -0.2) is 14.2 Å². The number of nitrogens with zero attached hydrogens (tertiary/aromatic N) is 2. The van der Waals surface area contributed by atoms with Gasteiger partial charge in [0.2, 0.25) is 0 Å². The van der Waals surface area contributed by atoms with Gasteiger partial charge in [-0.3, -0.25) is 0 Å². The third-order valence-corrected chi connectivity index (χ3v) is 5.12. The molecule has 1 aliphatic rings. The fourth-order valence-electron chi connectivity index (χ4n) is 3.60. The van der Waals surface area contributed by atoms with Crippen molar-refractivity contribution in [3.63, 3.8) is 0 Å². The van der Waals surface area contributed by atoms with Crippen molar-refractivity contribution in [2.45, 2.75) is 51.4 Å². The van der Waals surface area contributed by atoms with Gasteiger partial charge in [0.15, 0.2) is 0 Å². The van der Waals surface area contributed by atoms with E-state index in [1.54, 1.807) is 26.8 Å². The Morgan fingerprint density at radius 3 is 2.62 bits per heavy atom. The Bertz CT molecular complexity index is 992. The van der Waals surface area contributed by atoms with Crippen LogP contribution in [-0.4, -0.2) is 35.8 Å². The second-order valence-electron chi connectivity index (χ2n) is 8.65. The van der Waals surface area contributed by atoms with Gasteiger partial charge in [-0.1, -0.05) is 17.7 Å². The smallest absolute Gasteiger partial charge is 0.419 e. The lowest BCUT2D eigenvalue weighted by Crippen LogP contribution is -2.49. The van der Waals surface area contributed by atoms with Crippen LogP contribution >= 0.6 is 11.6 Å². The lowest BCUT2D eigenvalue weighted by molar-refractivity contribution is -0.139.